The summed E-state index contributed by atoms with van der Waals surface area (Å²) < 4.78 is 11.1. The first kappa shape index (κ1) is 16.7. The van der Waals surface area contributed by atoms with Gasteiger partial charge in [-0.2, -0.15) is 11.8 Å². The van der Waals surface area contributed by atoms with Gasteiger partial charge in [0.15, 0.2) is 0 Å². The van der Waals surface area contributed by atoms with Crippen LogP contribution in [-0.4, -0.2) is 35.8 Å². The number of hydrogen-bond donors (Lipinski definition) is 1. The average molecular weight is 298 g/mol. The molecule has 1 atom stereocenters. The van der Waals surface area contributed by atoms with Crippen molar-refractivity contribution in [3.05, 3.63) is 24.3 Å². The molecule has 0 aliphatic carbocycles. The van der Waals surface area contributed by atoms with Gasteiger partial charge in [-0.25, -0.2) is 0 Å². The number of aliphatic carboxylic acids is 1. The lowest BCUT2D eigenvalue weighted by Gasteiger charge is -2.09. The maximum Gasteiger partial charge on any atom is 0.307 e. The van der Waals surface area contributed by atoms with Crippen molar-refractivity contribution in [2.24, 2.45) is 5.92 Å². The second-order valence-electron chi connectivity index (χ2n) is 4.48. The highest BCUT2D eigenvalue weighted by atomic mass is 32.2. The number of carbonyl (C=O) groups is 1. The Kier molecular flexibility index (Phi) is 7.95. The minimum Gasteiger partial charge on any atom is -0.494 e. The lowest BCUT2D eigenvalue weighted by atomic mass is 10.2. The van der Waals surface area contributed by atoms with E-state index in [1.54, 1.807) is 18.7 Å². The molecule has 0 bridgehead atoms. The summed E-state index contributed by atoms with van der Waals surface area (Å²) in [6.07, 6.45) is 0.990. The van der Waals surface area contributed by atoms with Gasteiger partial charge in [-0.15, -0.1) is 0 Å². The molecule has 112 valence electrons. The minimum atomic E-state index is -0.749. The molecule has 0 fully saturated rings. The maximum absolute atomic E-state index is 10.6. The van der Waals surface area contributed by atoms with Gasteiger partial charge in [-0.3, -0.25) is 4.79 Å². The Labute approximate surface area is 124 Å². The molecule has 1 aromatic carbocycles. The number of hydrogen-bond acceptors (Lipinski definition) is 4. The van der Waals surface area contributed by atoms with Gasteiger partial charge in [0, 0.05) is 11.5 Å². The quantitative estimate of drug-likeness (QED) is 0.672. The molecule has 1 aromatic rings. The van der Waals surface area contributed by atoms with Gasteiger partial charge < -0.3 is 14.6 Å². The van der Waals surface area contributed by atoms with Gasteiger partial charge in [-0.05, 0) is 30.7 Å². The van der Waals surface area contributed by atoms with Gasteiger partial charge in [0.25, 0.3) is 0 Å². The molecule has 5 heteroatoms. The van der Waals surface area contributed by atoms with Crippen LogP contribution in [0.1, 0.15) is 20.3 Å². The molecular weight excluding hydrogens is 276 g/mol. The van der Waals surface area contributed by atoms with Crippen molar-refractivity contribution in [2.45, 2.75) is 20.3 Å². The van der Waals surface area contributed by atoms with Crippen LogP contribution in [-0.2, 0) is 4.79 Å². The fraction of sp³-hybridized carbons (Fsp3) is 0.533. The van der Waals surface area contributed by atoms with Crippen molar-refractivity contribution in [1.29, 1.82) is 0 Å². The van der Waals surface area contributed by atoms with Gasteiger partial charge in [0.05, 0.1) is 19.1 Å². The van der Waals surface area contributed by atoms with Crippen LogP contribution < -0.4 is 9.47 Å². The maximum atomic E-state index is 10.6. The second-order valence-corrected chi connectivity index (χ2v) is 5.63. The molecule has 0 spiro atoms. The summed E-state index contributed by atoms with van der Waals surface area (Å²) in [6, 6.07) is 7.56. The zero-order chi connectivity index (χ0) is 14.8. The van der Waals surface area contributed by atoms with E-state index in [2.05, 4.69) is 6.92 Å². The van der Waals surface area contributed by atoms with Crippen molar-refractivity contribution >= 4 is 17.7 Å². The number of carboxylic acids is 1. The van der Waals surface area contributed by atoms with Crippen LogP contribution >= 0.6 is 11.8 Å². The molecule has 0 amide bonds. The van der Waals surface area contributed by atoms with Crippen LogP contribution in [0.25, 0.3) is 0 Å². The largest absolute Gasteiger partial charge is 0.494 e. The van der Waals surface area contributed by atoms with Crippen molar-refractivity contribution < 1.29 is 19.4 Å². The molecule has 0 aliphatic heterocycles. The van der Waals surface area contributed by atoms with E-state index in [1.165, 1.54) is 0 Å². The summed E-state index contributed by atoms with van der Waals surface area (Å²) in [7, 11) is 0. The van der Waals surface area contributed by atoms with Crippen LogP contribution in [0.3, 0.4) is 0 Å². The second kappa shape index (κ2) is 9.53. The van der Waals surface area contributed by atoms with Crippen LogP contribution in [0.15, 0.2) is 24.3 Å². The molecule has 0 saturated heterocycles. The number of carboxylic acid groups (broad SMARTS) is 1. The molecule has 4 nitrogen and oxygen atoms in total. The summed E-state index contributed by atoms with van der Waals surface area (Å²) in [5, 5.41) is 8.75. The van der Waals surface area contributed by atoms with Gasteiger partial charge >= 0.3 is 5.97 Å². The van der Waals surface area contributed by atoms with Gasteiger partial charge in [0.2, 0.25) is 0 Å². The van der Waals surface area contributed by atoms with Crippen molar-refractivity contribution in [1.82, 2.24) is 0 Å². The average Bonchev–Trinajstić information content (AvgIpc) is 2.45. The SMILES string of the molecule is CCCOc1ccc(OCCSCC(C)C(=O)O)cc1. The zero-order valence-corrected chi connectivity index (χ0v) is 12.8. The van der Waals surface area contributed by atoms with Crippen LogP contribution in [0.5, 0.6) is 11.5 Å². The van der Waals surface area contributed by atoms with E-state index in [1.807, 2.05) is 24.3 Å². The number of benzene rings is 1. The monoisotopic (exact) mass is 298 g/mol. The van der Waals surface area contributed by atoms with Gasteiger partial charge in [0.1, 0.15) is 11.5 Å². The Morgan fingerprint density at radius 2 is 1.75 bits per heavy atom. The lowest BCUT2D eigenvalue weighted by Crippen LogP contribution is -2.13. The molecule has 1 rings (SSSR count). The fourth-order valence-corrected chi connectivity index (χ4v) is 2.27. The third-order valence-electron chi connectivity index (χ3n) is 2.58. The van der Waals surface area contributed by atoms with Crippen LogP contribution in [0.4, 0.5) is 0 Å². The molecule has 1 N–H and O–H groups in total. The van der Waals surface area contributed by atoms with E-state index in [0.29, 0.717) is 12.4 Å². The highest BCUT2D eigenvalue weighted by Gasteiger charge is 2.09. The molecule has 1 unspecified atom stereocenters. The Morgan fingerprint density at radius 3 is 2.25 bits per heavy atom. The summed E-state index contributed by atoms with van der Waals surface area (Å²) in [4.78, 5) is 10.6. The Balaban J connectivity index is 2.17. The Hall–Kier alpha value is -1.36. The first-order valence-corrected chi connectivity index (χ1v) is 7.95. The minimum absolute atomic E-state index is 0.310. The fourth-order valence-electron chi connectivity index (χ4n) is 1.40. The van der Waals surface area contributed by atoms with Crippen molar-refractivity contribution in [2.75, 3.05) is 24.7 Å². The van der Waals surface area contributed by atoms with E-state index < -0.39 is 5.97 Å². The molecule has 0 saturated carbocycles. The molecule has 0 heterocycles. The molecule has 0 radical (unpaired) electrons. The number of thioether (sulfide) groups is 1. The summed E-state index contributed by atoms with van der Waals surface area (Å²) in [5.41, 5.74) is 0. The predicted octanol–water partition coefficient (Wildman–Crippen LogP) is 3.31. The normalized spacial score (nSPS) is 11.9. The highest BCUT2D eigenvalue weighted by molar-refractivity contribution is 7.99. The summed E-state index contributed by atoms with van der Waals surface area (Å²) in [5.74, 6) is 1.99. The third kappa shape index (κ3) is 6.70. The van der Waals surface area contributed by atoms with Crippen molar-refractivity contribution in [3.63, 3.8) is 0 Å². The molecule has 20 heavy (non-hydrogen) atoms. The van der Waals surface area contributed by atoms with Crippen molar-refractivity contribution in [3.8, 4) is 11.5 Å². The number of rotatable bonds is 10. The van der Waals surface area contributed by atoms with E-state index in [-0.39, 0.29) is 5.92 Å². The first-order valence-electron chi connectivity index (χ1n) is 6.79. The topological polar surface area (TPSA) is 55.8 Å². The highest BCUT2D eigenvalue weighted by Crippen LogP contribution is 2.18. The summed E-state index contributed by atoms with van der Waals surface area (Å²) >= 11 is 1.59. The standard InChI is InChI=1S/C15H22O4S/c1-3-8-18-13-4-6-14(7-5-13)19-9-10-20-11-12(2)15(16)17/h4-7,12H,3,8-11H2,1-2H3,(H,16,17). The molecular formula is C15H22O4S. The summed E-state index contributed by atoms with van der Waals surface area (Å²) in [6.45, 7) is 5.08. The third-order valence-corrected chi connectivity index (χ3v) is 3.77. The van der Waals surface area contributed by atoms with Gasteiger partial charge in [-0.1, -0.05) is 13.8 Å². The smallest absolute Gasteiger partial charge is 0.307 e. The van der Waals surface area contributed by atoms with E-state index in [9.17, 15) is 4.79 Å². The Bertz CT molecular complexity index is 391. The first-order chi connectivity index (χ1) is 9.63. The lowest BCUT2D eigenvalue weighted by molar-refractivity contribution is -0.140. The Morgan fingerprint density at radius 1 is 1.20 bits per heavy atom. The van der Waals surface area contributed by atoms with E-state index in [0.717, 1.165) is 30.3 Å². The zero-order valence-electron chi connectivity index (χ0n) is 12.0. The van der Waals surface area contributed by atoms with E-state index in [4.69, 9.17) is 14.6 Å². The molecule has 0 aliphatic rings. The van der Waals surface area contributed by atoms with E-state index >= 15 is 0 Å². The number of ether oxygens (including phenoxy) is 2. The predicted molar refractivity (Wildman–Crippen MR) is 81.8 cm³/mol. The van der Waals surface area contributed by atoms with Crippen LogP contribution in [0, 0.1) is 5.92 Å². The molecule has 0 aromatic heterocycles. The van der Waals surface area contributed by atoms with Crippen LogP contribution in [0.2, 0.25) is 0 Å².